The Kier molecular flexibility index (Phi) is 5.95. The molecular formula is C17H15BrClFN4O2. The van der Waals surface area contributed by atoms with E-state index in [0.717, 1.165) is 10.0 Å². The maximum Gasteiger partial charge on any atom is 0.218 e. The Morgan fingerprint density at radius 3 is 2.85 bits per heavy atom. The normalized spacial score (nSPS) is 10.6. The molecule has 9 heteroatoms. The fourth-order valence-electron chi connectivity index (χ4n) is 2.32. The zero-order chi connectivity index (χ0) is 18.5. The van der Waals surface area contributed by atoms with Gasteiger partial charge in [0.25, 0.3) is 0 Å². The minimum Gasteiger partial charge on any atom is -0.493 e. The highest BCUT2D eigenvalue weighted by Gasteiger charge is 2.16. The van der Waals surface area contributed by atoms with Crippen molar-refractivity contribution >= 4 is 33.5 Å². The molecule has 0 amide bonds. The number of aromatic amines is 1. The quantitative estimate of drug-likeness (QED) is 0.562. The van der Waals surface area contributed by atoms with Crippen molar-refractivity contribution in [2.24, 2.45) is 0 Å². The molecule has 0 fully saturated rings. The van der Waals surface area contributed by atoms with Crippen LogP contribution >= 0.6 is 27.5 Å². The second-order valence-corrected chi connectivity index (χ2v) is 6.53. The maximum atomic E-state index is 13.2. The average molecular weight is 442 g/mol. The lowest BCUT2D eigenvalue weighted by Gasteiger charge is -2.17. The molecule has 0 aliphatic carbocycles. The summed E-state index contributed by atoms with van der Waals surface area (Å²) in [5, 5.41) is 9.95. The Morgan fingerprint density at radius 2 is 2.15 bits per heavy atom. The van der Waals surface area contributed by atoms with Crippen LogP contribution in [0, 0.1) is 5.82 Å². The molecule has 0 saturated carbocycles. The standard InChI is InChI=1S/C17H15BrClFN4O2/c1-25-15-5-4-13(18)12(7-21-17-22-9-23-24-17)16(15)26-8-10-2-3-11(20)6-14(10)19/h2-6,9H,7-8H2,1H3,(H2,21,22,23,24). The lowest BCUT2D eigenvalue weighted by molar-refractivity contribution is 0.281. The molecule has 0 saturated heterocycles. The molecule has 0 spiro atoms. The topological polar surface area (TPSA) is 72.1 Å². The zero-order valence-electron chi connectivity index (χ0n) is 13.7. The van der Waals surface area contributed by atoms with Gasteiger partial charge in [-0.1, -0.05) is 33.6 Å². The summed E-state index contributed by atoms with van der Waals surface area (Å²) >= 11 is 9.60. The van der Waals surface area contributed by atoms with Crippen LogP contribution in [0.2, 0.25) is 5.02 Å². The van der Waals surface area contributed by atoms with Crippen molar-refractivity contribution in [3.63, 3.8) is 0 Å². The number of rotatable bonds is 7. The predicted octanol–water partition coefficient (Wildman–Crippen LogP) is 4.56. The number of hydrogen-bond donors (Lipinski definition) is 2. The van der Waals surface area contributed by atoms with Gasteiger partial charge in [-0.15, -0.1) is 0 Å². The molecule has 1 heterocycles. The van der Waals surface area contributed by atoms with Crippen LogP contribution in [0.25, 0.3) is 0 Å². The molecule has 1 aromatic heterocycles. The molecule has 0 aliphatic rings. The SMILES string of the molecule is COc1ccc(Br)c(CNc2ncn[nH]2)c1OCc1ccc(F)cc1Cl. The van der Waals surface area contributed by atoms with E-state index in [-0.39, 0.29) is 6.61 Å². The van der Waals surface area contributed by atoms with E-state index in [4.69, 9.17) is 21.1 Å². The monoisotopic (exact) mass is 440 g/mol. The van der Waals surface area contributed by atoms with Crippen LogP contribution < -0.4 is 14.8 Å². The summed E-state index contributed by atoms with van der Waals surface area (Å²) in [7, 11) is 1.56. The Bertz CT molecular complexity index is 893. The Morgan fingerprint density at radius 1 is 1.31 bits per heavy atom. The van der Waals surface area contributed by atoms with Gasteiger partial charge in [0.05, 0.1) is 12.1 Å². The number of anilines is 1. The third kappa shape index (κ3) is 4.25. The van der Waals surface area contributed by atoms with Crippen molar-refractivity contribution < 1.29 is 13.9 Å². The van der Waals surface area contributed by atoms with Gasteiger partial charge in [-0.05, 0) is 24.3 Å². The molecule has 0 bridgehead atoms. The molecule has 3 aromatic rings. The van der Waals surface area contributed by atoms with Crippen LogP contribution in [0.4, 0.5) is 10.3 Å². The van der Waals surface area contributed by atoms with Crippen LogP contribution in [0.1, 0.15) is 11.1 Å². The maximum absolute atomic E-state index is 13.2. The number of ether oxygens (including phenoxy) is 2. The molecule has 0 radical (unpaired) electrons. The summed E-state index contributed by atoms with van der Waals surface area (Å²) < 4.78 is 25.4. The minimum atomic E-state index is -0.393. The van der Waals surface area contributed by atoms with E-state index >= 15 is 0 Å². The predicted molar refractivity (Wildman–Crippen MR) is 100 cm³/mol. The molecule has 26 heavy (non-hydrogen) atoms. The molecule has 136 valence electrons. The van der Waals surface area contributed by atoms with E-state index in [0.29, 0.717) is 34.6 Å². The Balaban J connectivity index is 1.84. The van der Waals surface area contributed by atoms with Gasteiger partial charge >= 0.3 is 0 Å². The highest BCUT2D eigenvalue weighted by Crippen LogP contribution is 2.37. The number of methoxy groups -OCH3 is 1. The summed E-state index contributed by atoms with van der Waals surface area (Å²) in [5.41, 5.74) is 1.50. The van der Waals surface area contributed by atoms with Gasteiger partial charge in [0.15, 0.2) is 11.5 Å². The zero-order valence-corrected chi connectivity index (χ0v) is 16.1. The molecule has 3 rings (SSSR count). The number of benzene rings is 2. The second-order valence-electron chi connectivity index (χ2n) is 5.27. The number of nitrogens with zero attached hydrogens (tertiary/aromatic N) is 2. The van der Waals surface area contributed by atoms with Crippen LogP contribution in [-0.4, -0.2) is 22.3 Å². The van der Waals surface area contributed by atoms with E-state index in [9.17, 15) is 4.39 Å². The summed E-state index contributed by atoms with van der Waals surface area (Å²) in [6.07, 6.45) is 1.41. The lowest BCUT2D eigenvalue weighted by Crippen LogP contribution is -2.07. The fraction of sp³-hybridized carbons (Fsp3) is 0.176. The molecular weight excluding hydrogens is 427 g/mol. The summed E-state index contributed by atoms with van der Waals surface area (Å²) in [5.74, 6) is 1.26. The van der Waals surface area contributed by atoms with E-state index < -0.39 is 5.82 Å². The summed E-state index contributed by atoms with van der Waals surface area (Å²) in [6, 6.07) is 7.85. The van der Waals surface area contributed by atoms with Gasteiger partial charge in [0, 0.05) is 22.1 Å². The van der Waals surface area contributed by atoms with E-state index in [1.165, 1.54) is 18.5 Å². The lowest BCUT2D eigenvalue weighted by atomic mass is 10.1. The first-order valence-corrected chi connectivity index (χ1v) is 8.77. The van der Waals surface area contributed by atoms with Gasteiger partial charge in [-0.25, -0.2) is 14.5 Å². The van der Waals surface area contributed by atoms with Crippen LogP contribution in [0.3, 0.4) is 0 Å². The Hall–Kier alpha value is -2.32. The summed E-state index contributed by atoms with van der Waals surface area (Å²) in [6.45, 7) is 0.584. The average Bonchev–Trinajstić information content (AvgIpc) is 3.14. The van der Waals surface area contributed by atoms with Crippen molar-refractivity contribution in [1.82, 2.24) is 15.2 Å². The van der Waals surface area contributed by atoms with Gasteiger partial charge in [0.2, 0.25) is 5.95 Å². The number of H-pyrrole nitrogens is 1. The first kappa shape index (κ1) is 18.5. The molecule has 0 atom stereocenters. The number of nitrogens with one attached hydrogen (secondary N) is 2. The van der Waals surface area contributed by atoms with E-state index in [2.05, 4.69) is 36.4 Å². The first-order valence-electron chi connectivity index (χ1n) is 7.60. The number of hydrogen-bond acceptors (Lipinski definition) is 5. The van der Waals surface area contributed by atoms with Crippen molar-refractivity contribution in [2.45, 2.75) is 13.2 Å². The Labute approximate surface area is 162 Å². The van der Waals surface area contributed by atoms with Gasteiger partial charge in [-0.3, -0.25) is 0 Å². The van der Waals surface area contributed by atoms with E-state index in [1.807, 2.05) is 6.07 Å². The third-order valence-corrected chi connectivity index (χ3v) is 4.72. The van der Waals surface area contributed by atoms with Crippen molar-refractivity contribution in [3.05, 3.63) is 63.1 Å². The first-order chi connectivity index (χ1) is 12.6. The van der Waals surface area contributed by atoms with Crippen LogP contribution in [0.5, 0.6) is 11.5 Å². The smallest absolute Gasteiger partial charge is 0.218 e. The molecule has 0 unspecified atom stereocenters. The minimum absolute atomic E-state index is 0.168. The molecule has 2 aromatic carbocycles. The van der Waals surface area contributed by atoms with Crippen molar-refractivity contribution in [1.29, 1.82) is 0 Å². The van der Waals surface area contributed by atoms with Crippen LogP contribution in [-0.2, 0) is 13.2 Å². The highest BCUT2D eigenvalue weighted by molar-refractivity contribution is 9.10. The fourth-order valence-corrected chi connectivity index (χ4v) is 2.99. The number of aromatic nitrogens is 3. The van der Waals surface area contributed by atoms with E-state index in [1.54, 1.807) is 19.2 Å². The van der Waals surface area contributed by atoms with Crippen LogP contribution in [0.15, 0.2) is 41.1 Å². The number of halogens is 3. The van der Waals surface area contributed by atoms with Gasteiger partial charge in [0.1, 0.15) is 18.8 Å². The van der Waals surface area contributed by atoms with Gasteiger partial charge < -0.3 is 14.8 Å². The highest BCUT2D eigenvalue weighted by atomic mass is 79.9. The molecule has 0 aliphatic heterocycles. The third-order valence-electron chi connectivity index (χ3n) is 3.62. The summed E-state index contributed by atoms with van der Waals surface area (Å²) in [4.78, 5) is 4.03. The van der Waals surface area contributed by atoms with Gasteiger partial charge in [-0.2, -0.15) is 5.10 Å². The second kappa shape index (κ2) is 8.37. The molecule has 6 nitrogen and oxygen atoms in total. The largest absolute Gasteiger partial charge is 0.493 e. The van der Waals surface area contributed by atoms with Crippen molar-refractivity contribution in [3.8, 4) is 11.5 Å². The molecule has 2 N–H and O–H groups in total. The van der Waals surface area contributed by atoms with Crippen molar-refractivity contribution in [2.75, 3.05) is 12.4 Å².